The number of carbonyl (C=O) groups is 1. The smallest absolute Gasteiger partial charge is 0.320 e. The second-order valence-corrected chi connectivity index (χ2v) is 1.11. The van der Waals surface area contributed by atoms with E-state index in [1.54, 1.807) is 0 Å². The topological polar surface area (TPSA) is 63.3 Å². The van der Waals surface area contributed by atoms with Crippen LogP contribution < -0.4 is 5.73 Å². The van der Waals surface area contributed by atoms with Gasteiger partial charge in [-0.3, -0.25) is 4.79 Å². The maximum atomic E-state index is 11.0. The average molecular weight is 125 g/mol. The first-order chi connectivity index (χ1) is 6.92. The van der Waals surface area contributed by atoms with Gasteiger partial charge in [0, 0.05) is 8.22 Å². The highest BCUT2D eigenvalue weighted by atomic mass is 16.4. The maximum Gasteiger partial charge on any atom is 0.320 e. The van der Waals surface area contributed by atoms with E-state index >= 15 is 0 Å². The van der Waals surface area contributed by atoms with Crippen molar-refractivity contribution in [3.8, 4) is 0 Å². The van der Waals surface area contributed by atoms with Gasteiger partial charge in [0.15, 0.2) is 0 Å². The standard InChI is InChI=1S/C5H11NO2/c1-3(2)4(6)5(7)8/h3-4H,6H2,1-2H3,(H,7,8)/i1D2,2D3,3D,4D/hD. The van der Waals surface area contributed by atoms with Crippen LogP contribution in [-0.2, 0) is 4.79 Å². The van der Waals surface area contributed by atoms with E-state index in [9.17, 15) is 4.79 Å². The van der Waals surface area contributed by atoms with E-state index in [0.717, 1.165) is 0 Å². The first kappa shape index (κ1) is 1.48. The molecule has 3 heteroatoms. The van der Waals surface area contributed by atoms with E-state index in [1.807, 2.05) is 0 Å². The van der Waals surface area contributed by atoms with Gasteiger partial charge in [-0.2, -0.15) is 0 Å². The Hall–Kier alpha value is -0.570. The van der Waals surface area contributed by atoms with Gasteiger partial charge in [-0.15, -0.1) is 0 Å². The highest BCUT2D eigenvalue weighted by molar-refractivity contribution is 5.73. The fraction of sp³-hybridized carbons (Fsp3) is 0.800. The van der Waals surface area contributed by atoms with Gasteiger partial charge in [-0.1, -0.05) is 13.7 Å². The van der Waals surface area contributed by atoms with E-state index < -0.39 is 31.6 Å². The van der Waals surface area contributed by atoms with Crippen molar-refractivity contribution in [3.05, 3.63) is 0 Å². The molecule has 0 bridgehead atoms. The van der Waals surface area contributed by atoms with Gasteiger partial charge in [0.2, 0.25) is 0 Å². The number of aliphatic carboxylic acids is 1. The van der Waals surface area contributed by atoms with E-state index in [2.05, 4.69) is 5.11 Å². The minimum absolute atomic E-state index is 1.80. The SMILES string of the molecule is [2H]OC(=O)C([2H])(N)C([2H])(C([2H])[2H])C([2H])([2H])[2H]. The van der Waals surface area contributed by atoms with Crippen LogP contribution in [0.5, 0.6) is 0 Å². The highest BCUT2D eigenvalue weighted by Crippen LogP contribution is 1.96. The first-order valence-corrected chi connectivity index (χ1v) is 1.74. The Morgan fingerprint density at radius 3 is 3.38 bits per heavy atom. The Balaban J connectivity index is 5.64. The number of hydrogen-bond donors (Lipinski definition) is 2. The van der Waals surface area contributed by atoms with Gasteiger partial charge in [0.05, 0.1) is 1.37 Å². The molecule has 0 spiro atoms. The van der Waals surface area contributed by atoms with E-state index in [0.29, 0.717) is 0 Å². The fourth-order valence-electron chi connectivity index (χ4n) is 0.110. The van der Waals surface area contributed by atoms with Crippen molar-refractivity contribution in [2.75, 3.05) is 0 Å². The lowest BCUT2D eigenvalue weighted by Crippen LogP contribution is -2.34. The zero-order valence-corrected chi connectivity index (χ0v) is 3.97. The van der Waals surface area contributed by atoms with Crippen molar-refractivity contribution >= 4 is 5.97 Å². The van der Waals surface area contributed by atoms with Crippen molar-refractivity contribution in [1.82, 2.24) is 0 Å². The summed E-state index contributed by atoms with van der Waals surface area (Å²) in [5.41, 5.74) is 5.02. The molecule has 0 aromatic rings. The molecule has 2 unspecified atom stereocenters. The Bertz CT molecular complexity index is 276. The summed E-state index contributed by atoms with van der Waals surface area (Å²) in [4.78, 5) is 11.0. The molecule has 8 heavy (non-hydrogen) atoms. The van der Waals surface area contributed by atoms with Crippen LogP contribution in [0.15, 0.2) is 0 Å². The van der Waals surface area contributed by atoms with Gasteiger partial charge < -0.3 is 10.8 Å². The highest BCUT2D eigenvalue weighted by Gasteiger charge is 2.14. The predicted octanol–water partition coefficient (Wildman–Crippen LogP) is 0.0543. The third-order valence-corrected chi connectivity index (χ3v) is 0.510. The summed E-state index contributed by atoms with van der Waals surface area (Å²) in [6, 6.07) is -3.20. The molecule has 0 amide bonds. The summed E-state index contributed by atoms with van der Waals surface area (Å²) < 4.78 is 55.8. The molecule has 0 aliphatic rings. The molecule has 0 aliphatic carbocycles. The monoisotopic (exact) mass is 125 g/mol. The number of rotatable bonds is 2. The van der Waals surface area contributed by atoms with Crippen LogP contribution >= 0.6 is 0 Å². The van der Waals surface area contributed by atoms with Crippen LogP contribution in [0.1, 0.15) is 23.3 Å². The largest absolute Gasteiger partial charge is 0.480 e. The number of nitrogens with two attached hydrogens (primary N) is 1. The molecular formula is C5H11NO2. The van der Waals surface area contributed by atoms with Crippen LogP contribution in [0.2, 0.25) is 0 Å². The lowest BCUT2D eigenvalue weighted by molar-refractivity contribution is -0.139. The predicted molar refractivity (Wildman–Crippen MR) is 30.4 cm³/mol. The quantitative estimate of drug-likeness (QED) is 0.548. The Morgan fingerprint density at radius 1 is 2.25 bits per heavy atom. The van der Waals surface area contributed by atoms with Crippen molar-refractivity contribution < 1.29 is 19.5 Å². The summed E-state index contributed by atoms with van der Waals surface area (Å²) in [5.74, 6) is -5.01. The molecule has 0 aliphatic heterocycles. The number of hydrogen-bond acceptors (Lipinski definition) is 3. The van der Waals surface area contributed by atoms with Crippen LogP contribution in [0.3, 0.4) is 0 Å². The first-order valence-electron chi connectivity index (χ1n) is 5.80. The second kappa shape index (κ2) is 2.67. The summed E-state index contributed by atoms with van der Waals surface area (Å²) >= 11 is 0. The summed E-state index contributed by atoms with van der Waals surface area (Å²) in [5, 5.41) is 3.37. The van der Waals surface area contributed by atoms with Crippen molar-refractivity contribution in [2.45, 2.75) is 19.7 Å². The number of carboxylic acid groups (broad SMARTS) is 1. The Labute approximate surface area is 59.8 Å². The summed E-state index contributed by atoms with van der Waals surface area (Å²) in [6.07, 6.45) is 0. The van der Waals surface area contributed by atoms with Gasteiger partial charge in [0.25, 0.3) is 1.43 Å². The van der Waals surface area contributed by atoms with Crippen LogP contribution in [0.25, 0.3) is 1.43 Å². The molecule has 0 aromatic heterocycles. The van der Waals surface area contributed by atoms with Crippen molar-refractivity contribution in [1.29, 1.82) is 1.43 Å². The molecule has 0 rings (SSSR count). The van der Waals surface area contributed by atoms with Gasteiger partial charge in [0.1, 0.15) is 6.02 Å². The lowest BCUT2D eigenvalue weighted by Gasteiger charge is -2.07. The second-order valence-electron chi connectivity index (χ2n) is 1.11. The van der Waals surface area contributed by atoms with Gasteiger partial charge >= 0.3 is 5.97 Å². The third kappa shape index (κ3) is 1.93. The van der Waals surface area contributed by atoms with Gasteiger partial charge in [-0.25, -0.2) is 0 Å². The average Bonchev–Trinajstić information content (AvgIpc) is 2.12. The Kier molecular flexibility index (Phi) is 0.492. The third-order valence-electron chi connectivity index (χ3n) is 0.510. The molecule has 0 aromatic carbocycles. The molecule has 0 saturated heterocycles. The molecule has 0 fully saturated rings. The van der Waals surface area contributed by atoms with Crippen LogP contribution in [-0.4, -0.2) is 17.1 Å². The minimum Gasteiger partial charge on any atom is -0.480 e. The molecule has 48 valence electrons. The summed E-state index contributed by atoms with van der Waals surface area (Å²) in [6.45, 7) is -5.70. The molecule has 2 atom stereocenters. The molecule has 0 saturated carbocycles. The van der Waals surface area contributed by atoms with Crippen LogP contribution in [0.4, 0.5) is 0 Å². The van der Waals surface area contributed by atoms with Crippen molar-refractivity contribution in [2.24, 2.45) is 11.6 Å². The van der Waals surface area contributed by atoms with Crippen molar-refractivity contribution in [3.63, 3.8) is 0 Å². The molecule has 3 nitrogen and oxygen atoms in total. The van der Waals surface area contributed by atoms with E-state index in [1.165, 1.54) is 0 Å². The van der Waals surface area contributed by atoms with E-state index in [4.69, 9.17) is 16.8 Å². The number of carboxylic acids is 1. The molecule has 0 radical (unpaired) electrons. The minimum atomic E-state index is -3.31. The molecule has 3 N–H and O–H groups in total. The maximum absolute atomic E-state index is 11.0. The van der Waals surface area contributed by atoms with Crippen LogP contribution in [0, 0.1) is 5.89 Å². The summed E-state index contributed by atoms with van der Waals surface area (Å²) in [7, 11) is 0. The fourth-order valence-corrected chi connectivity index (χ4v) is 0.110. The normalized spacial score (nSPS) is 41.2. The zero-order chi connectivity index (χ0) is 13.4. The zero-order valence-electron chi connectivity index (χ0n) is 12.0. The Morgan fingerprint density at radius 2 is 3.00 bits per heavy atom. The molecular weight excluding hydrogens is 106 g/mol. The molecule has 0 heterocycles. The van der Waals surface area contributed by atoms with Gasteiger partial charge in [-0.05, 0) is 5.89 Å². The van der Waals surface area contributed by atoms with E-state index in [-0.39, 0.29) is 0 Å². The lowest BCUT2D eigenvalue weighted by atomic mass is 10.1.